The van der Waals surface area contributed by atoms with E-state index in [1.807, 2.05) is 26.0 Å². The first-order chi connectivity index (χ1) is 15.5. The zero-order valence-electron chi connectivity index (χ0n) is 19.2. The number of nitrogens with one attached hydrogen (secondary N) is 2. The first kappa shape index (κ1) is 23.2. The van der Waals surface area contributed by atoms with Gasteiger partial charge >= 0.3 is 6.03 Å². The lowest BCUT2D eigenvalue weighted by Crippen LogP contribution is -2.32. The molecule has 0 aliphatic carbocycles. The Balaban J connectivity index is 1.82. The van der Waals surface area contributed by atoms with E-state index in [0.29, 0.717) is 41.5 Å². The molecule has 2 aromatic rings. The van der Waals surface area contributed by atoms with Crippen LogP contribution in [0.5, 0.6) is 11.5 Å². The molecule has 2 N–H and O–H groups in total. The monoisotopic (exact) mass is 440 g/mol. The Kier molecular flexibility index (Phi) is 7.81. The fourth-order valence-corrected chi connectivity index (χ4v) is 3.89. The second kappa shape index (κ2) is 10.7. The second-order valence-electron chi connectivity index (χ2n) is 7.55. The van der Waals surface area contributed by atoms with Crippen molar-refractivity contribution in [2.45, 2.75) is 26.7 Å². The van der Waals surface area contributed by atoms with Gasteiger partial charge in [0.25, 0.3) is 5.91 Å². The summed E-state index contributed by atoms with van der Waals surface area (Å²) >= 11 is 0. The largest absolute Gasteiger partial charge is 0.497 e. The summed E-state index contributed by atoms with van der Waals surface area (Å²) in [6.07, 6.45) is 2.23. The van der Waals surface area contributed by atoms with Gasteiger partial charge in [0.2, 0.25) is 0 Å². The molecule has 1 saturated heterocycles. The number of hydrogen-bond donors (Lipinski definition) is 2. The predicted octanol–water partition coefficient (Wildman–Crippen LogP) is 4.43. The van der Waals surface area contributed by atoms with Crippen LogP contribution < -0.4 is 25.0 Å². The number of nitrogens with zero attached hydrogens (tertiary/aromatic N) is 2. The lowest BCUT2D eigenvalue weighted by molar-refractivity contribution is 0.0773. The molecular formula is C24H32N4O4. The van der Waals surface area contributed by atoms with Crippen molar-refractivity contribution >= 4 is 29.0 Å². The number of benzene rings is 2. The average molecular weight is 441 g/mol. The van der Waals surface area contributed by atoms with Gasteiger partial charge in [-0.2, -0.15) is 0 Å². The number of carbonyl (C=O) groups excluding carboxylic acids is 2. The molecule has 32 heavy (non-hydrogen) atoms. The molecule has 2 aromatic carbocycles. The van der Waals surface area contributed by atoms with Gasteiger partial charge < -0.3 is 29.9 Å². The molecule has 3 amide bonds. The minimum absolute atomic E-state index is 0.0298. The van der Waals surface area contributed by atoms with Crippen LogP contribution in [0.2, 0.25) is 0 Å². The van der Waals surface area contributed by atoms with Gasteiger partial charge in [-0.3, -0.25) is 4.79 Å². The fourth-order valence-electron chi connectivity index (χ4n) is 3.89. The van der Waals surface area contributed by atoms with Gasteiger partial charge in [0.05, 0.1) is 25.5 Å². The lowest BCUT2D eigenvalue weighted by Gasteiger charge is -2.25. The molecule has 1 fully saturated rings. The number of urea groups is 1. The highest BCUT2D eigenvalue weighted by molar-refractivity contribution is 6.04. The molecular weight excluding hydrogens is 408 g/mol. The van der Waals surface area contributed by atoms with Crippen molar-refractivity contribution in [1.82, 2.24) is 4.90 Å². The molecule has 0 spiro atoms. The van der Waals surface area contributed by atoms with Crippen molar-refractivity contribution in [3.8, 4) is 11.5 Å². The number of anilines is 3. The Morgan fingerprint density at radius 1 is 0.969 bits per heavy atom. The van der Waals surface area contributed by atoms with E-state index in [9.17, 15) is 9.59 Å². The van der Waals surface area contributed by atoms with Crippen LogP contribution in [0.15, 0.2) is 36.4 Å². The molecule has 0 saturated carbocycles. The topological polar surface area (TPSA) is 83.1 Å². The van der Waals surface area contributed by atoms with E-state index in [-0.39, 0.29) is 5.91 Å². The molecule has 0 atom stereocenters. The summed E-state index contributed by atoms with van der Waals surface area (Å²) in [5, 5.41) is 5.62. The maximum absolute atomic E-state index is 13.2. The zero-order chi connectivity index (χ0) is 23.1. The maximum atomic E-state index is 13.2. The molecule has 1 aliphatic heterocycles. The van der Waals surface area contributed by atoms with Crippen molar-refractivity contribution in [1.29, 1.82) is 0 Å². The first-order valence-electron chi connectivity index (χ1n) is 11.0. The van der Waals surface area contributed by atoms with E-state index in [4.69, 9.17) is 9.47 Å². The predicted molar refractivity (Wildman–Crippen MR) is 127 cm³/mol. The van der Waals surface area contributed by atoms with Crippen LogP contribution in [-0.2, 0) is 0 Å². The molecule has 3 rings (SSSR count). The molecule has 1 heterocycles. The summed E-state index contributed by atoms with van der Waals surface area (Å²) in [7, 11) is 3.09. The molecule has 0 unspecified atom stereocenters. The van der Waals surface area contributed by atoms with Crippen LogP contribution in [0, 0.1) is 0 Å². The number of amides is 3. The van der Waals surface area contributed by atoms with Crippen molar-refractivity contribution < 1.29 is 19.1 Å². The lowest BCUT2D eigenvalue weighted by atomic mass is 10.1. The van der Waals surface area contributed by atoms with Crippen molar-refractivity contribution in [2.24, 2.45) is 0 Å². The second-order valence-corrected chi connectivity index (χ2v) is 7.55. The molecule has 172 valence electrons. The van der Waals surface area contributed by atoms with Gasteiger partial charge in [-0.05, 0) is 57.0 Å². The van der Waals surface area contributed by atoms with Crippen LogP contribution >= 0.6 is 0 Å². The van der Waals surface area contributed by atoms with Gasteiger partial charge in [0.1, 0.15) is 11.5 Å². The molecule has 8 heteroatoms. The van der Waals surface area contributed by atoms with Gasteiger partial charge in [-0.25, -0.2) is 4.79 Å². The van der Waals surface area contributed by atoms with Gasteiger partial charge in [0, 0.05) is 43.6 Å². The van der Waals surface area contributed by atoms with Crippen LogP contribution in [0.3, 0.4) is 0 Å². The van der Waals surface area contributed by atoms with Crippen LogP contribution in [0.4, 0.5) is 21.9 Å². The highest BCUT2D eigenvalue weighted by Gasteiger charge is 2.23. The molecule has 0 bridgehead atoms. The Labute approximate surface area is 189 Å². The van der Waals surface area contributed by atoms with Crippen molar-refractivity contribution in [3.63, 3.8) is 0 Å². The van der Waals surface area contributed by atoms with E-state index in [2.05, 4.69) is 15.5 Å². The third kappa shape index (κ3) is 5.25. The Hall–Kier alpha value is -3.42. The number of hydrogen-bond acceptors (Lipinski definition) is 5. The SMILES string of the molecule is CCN(CC)C(=O)c1cc(NC(=O)Nc2ccc(OC)cc2OC)ccc1N1CCCC1. The summed E-state index contributed by atoms with van der Waals surface area (Å²) < 4.78 is 10.5. The van der Waals surface area contributed by atoms with E-state index in [0.717, 1.165) is 31.6 Å². The molecule has 8 nitrogen and oxygen atoms in total. The van der Waals surface area contributed by atoms with Crippen LogP contribution in [0.1, 0.15) is 37.0 Å². The molecule has 0 aromatic heterocycles. The fraction of sp³-hybridized carbons (Fsp3) is 0.417. The van der Waals surface area contributed by atoms with E-state index in [1.54, 1.807) is 36.3 Å². The summed E-state index contributed by atoms with van der Waals surface area (Å²) in [5.74, 6) is 1.09. The minimum atomic E-state index is -0.427. The van der Waals surface area contributed by atoms with E-state index < -0.39 is 6.03 Å². The standard InChI is InChI=1S/C24H32N4O4/c1-5-27(6-2)23(29)19-15-17(9-12-21(19)28-13-7-8-14-28)25-24(30)26-20-11-10-18(31-3)16-22(20)32-4/h9-12,15-16H,5-8,13-14H2,1-4H3,(H2,25,26,30). The maximum Gasteiger partial charge on any atom is 0.323 e. The average Bonchev–Trinajstić information content (AvgIpc) is 3.34. The van der Waals surface area contributed by atoms with Crippen molar-refractivity contribution in [2.75, 3.05) is 55.9 Å². The number of rotatable bonds is 8. The van der Waals surface area contributed by atoms with Crippen LogP contribution in [0.25, 0.3) is 0 Å². The normalized spacial score (nSPS) is 12.9. The smallest absolute Gasteiger partial charge is 0.323 e. The molecule has 0 radical (unpaired) electrons. The zero-order valence-corrected chi connectivity index (χ0v) is 19.2. The summed E-state index contributed by atoms with van der Waals surface area (Å²) in [6.45, 7) is 7.06. The van der Waals surface area contributed by atoms with Gasteiger partial charge in [-0.1, -0.05) is 0 Å². The van der Waals surface area contributed by atoms with Gasteiger partial charge in [-0.15, -0.1) is 0 Å². The summed E-state index contributed by atoms with van der Waals surface area (Å²) in [5.41, 5.74) is 2.59. The van der Waals surface area contributed by atoms with Gasteiger partial charge in [0.15, 0.2) is 0 Å². The Morgan fingerprint density at radius 3 is 2.31 bits per heavy atom. The van der Waals surface area contributed by atoms with E-state index in [1.165, 1.54) is 7.11 Å². The third-order valence-electron chi connectivity index (χ3n) is 5.64. The summed E-state index contributed by atoms with van der Waals surface area (Å²) in [6, 6.07) is 10.2. The number of carbonyl (C=O) groups is 2. The third-order valence-corrected chi connectivity index (χ3v) is 5.64. The Morgan fingerprint density at radius 2 is 1.69 bits per heavy atom. The quantitative estimate of drug-likeness (QED) is 0.635. The first-order valence-corrected chi connectivity index (χ1v) is 11.0. The van der Waals surface area contributed by atoms with Crippen LogP contribution in [-0.4, -0.2) is 57.2 Å². The number of methoxy groups -OCH3 is 2. The highest BCUT2D eigenvalue weighted by atomic mass is 16.5. The summed E-state index contributed by atoms with van der Waals surface area (Å²) in [4.78, 5) is 29.9. The van der Waals surface area contributed by atoms with E-state index >= 15 is 0 Å². The van der Waals surface area contributed by atoms with Crippen molar-refractivity contribution in [3.05, 3.63) is 42.0 Å². The molecule has 1 aliphatic rings. The number of ether oxygens (including phenoxy) is 2. The Bertz CT molecular complexity index is 953. The minimum Gasteiger partial charge on any atom is -0.497 e. The highest BCUT2D eigenvalue weighted by Crippen LogP contribution is 2.31.